The molecule has 0 saturated carbocycles. The van der Waals surface area contributed by atoms with Crippen LogP contribution in [0.3, 0.4) is 0 Å². The summed E-state index contributed by atoms with van der Waals surface area (Å²) in [6, 6.07) is 6.72. The molecule has 0 radical (unpaired) electrons. The molecule has 0 amide bonds. The molecule has 0 aliphatic carbocycles. The van der Waals surface area contributed by atoms with Gasteiger partial charge in [-0.05, 0) is 31.0 Å². The van der Waals surface area contributed by atoms with E-state index in [9.17, 15) is 0 Å². The number of hydrogen-bond acceptors (Lipinski definition) is 2. The van der Waals surface area contributed by atoms with Gasteiger partial charge in [0.05, 0.1) is 0 Å². The molecule has 0 atom stereocenters. The molecule has 108 valence electrons. The molecule has 1 aromatic heterocycles. The van der Waals surface area contributed by atoms with Crippen molar-refractivity contribution in [3.05, 3.63) is 53.1 Å². The van der Waals surface area contributed by atoms with E-state index in [0.717, 1.165) is 38.3 Å². The van der Waals surface area contributed by atoms with E-state index in [1.54, 1.807) is 0 Å². The summed E-state index contributed by atoms with van der Waals surface area (Å²) in [6.45, 7) is 9.47. The maximum atomic E-state index is 4.52. The van der Waals surface area contributed by atoms with Gasteiger partial charge in [-0.15, -0.1) is 0 Å². The van der Waals surface area contributed by atoms with Crippen LogP contribution in [0, 0.1) is 6.92 Å². The molecular formula is C17H25N3. The van der Waals surface area contributed by atoms with Crippen molar-refractivity contribution in [1.82, 2.24) is 14.9 Å². The molecule has 0 aliphatic heterocycles. The first-order valence-electron chi connectivity index (χ1n) is 7.53. The summed E-state index contributed by atoms with van der Waals surface area (Å²) >= 11 is 0. The highest BCUT2D eigenvalue weighted by Crippen LogP contribution is 2.16. The Bertz CT molecular complexity index is 543. The van der Waals surface area contributed by atoms with Gasteiger partial charge in [-0.1, -0.05) is 37.6 Å². The Morgan fingerprint density at radius 3 is 2.80 bits per heavy atom. The van der Waals surface area contributed by atoms with Crippen LogP contribution in [0.1, 0.15) is 42.8 Å². The highest BCUT2D eigenvalue weighted by atomic mass is 15.1. The van der Waals surface area contributed by atoms with Crippen LogP contribution in [0.25, 0.3) is 0 Å². The minimum Gasteiger partial charge on any atom is -0.335 e. The van der Waals surface area contributed by atoms with Gasteiger partial charge in [0.1, 0.15) is 5.82 Å². The third kappa shape index (κ3) is 3.70. The molecule has 1 N–H and O–H groups in total. The van der Waals surface area contributed by atoms with E-state index in [-0.39, 0.29) is 0 Å². The summed E-state index contributed by atoms with van der Waals surface area (Å²) in [4.78, 5) is 4.52. The van der Waals surface area contributed by atoms with Gasteiger partial charge in [0.2, 0.25) is 0 Å². The second-order valence-corrected chi connectivity index (χ2v) is 5.27. The lowest BCUT2D eigenvalue weighted by Crippen LogP contribution is -2.14. The fourth-order valence-electron chi connectivity index (χ4n) is 2.47. The maximum Gasteiger partial charge on any atom is 0.113 e. The third-order valence-electron chi connectivity index (χ3n) is 3.54. The SMILES string of the molecule is CCCn1ccnc1Cc1cc(C)ccc1CNCC. The van der Waals surface area contributed by atoms with Crippen LogP contribution in [0.4, 0.5) is 0 Å². The first-order valence-corrected chi connectivity index (χ1v) is 7.53. The Labute approximate surface area is 122 Å². The van der Waals surface area contributed by atoms with E-state index < -0.39 is 0 Å². The van der Waals surface area contributed by atoms with Crippen molar-refractivity contribution < 1.29 is 0 Å². The van der Waals surface area contributed by atoms with Crippen molar-refractivity contribution in [3.63, 3.8) is 0 Å². The van der Waals surface area contributed by atoms with Crippen molar-refractivity contribution in [3.8, 4) is 0 Å². The minimum atomic E-state index is 0.912. The van der Waals surface area contributed by atoms with Crippen LogP contribution < -0.4 is 5.32 Å². The highest BCUT2D eigenvalue weighted by molar-refractivity contribution is 5.33. The number of benzene rings is 1. The van der Waals surface area contributed by atoms with E-state index in [1.165, 1.54) is 16.7 Å². The molecule has 0 bridgehead atoms. The number of aromatic nitrogens is 2. The van der Waals surface area contributed by atoms with E-state index >= 15 is 0 Å². The summed E-state index contributed by atoms with van der Waals surface area (Å²) in [5.41, 5.74) is 4.08. The van der Waals surface area contributed by atoms with Gasteiger partial charge in [0, 0.05) is 31.9 Å². The van der Waals surface area contributed by atoms with Gasteiger partial charge >= 0.3 is 0 Å². The molecular weight excluding hydrogens is 246 g/mol. The van der Waals surface area contributed by atoms with E-state index in [2.05, 4.69) is 60.0 Å². The molecule has 0 unspecified atom stereocenters. The molecule has 2 aromatic rings. The molecule has 20 heavy (non-hydrogen) atoms. The van der Waals surface area contributed by atoms with Gasteiger partial charge in [-0.2, -0.15) is 0 Å². The molecule has 0 fully saturated rings. The van der Waals surface area contributed by atoms with Crippen LogP contribution in [0.2, 0.25) is 0 Å². The zero-order valence-electron chi connectivity index (χ0n) is 12.8. The summed E-state index contributed by atoms with van der Waals surface area (Å²) in [7, 11) is 0. The number of rotatable bonds is 7. The van der Waals surface area contributed by atoms with Crippen LogP contribution in [-0.4, -0.2) is 16.1 Å². The highest BCUT2D eigenvalue weighted by Gasteiger charge is 2.08. The quantitative estimate of drug-likeness (QED) is 0.837. The molecule has 1 heterocycles. The van der Waals surface area contributed by atoms with Crippen LogP contribution in [0.5, 0.6) is 0 Å². The molecule has 1 aromatic carbocycles. The normalized spacial score (nSPS) is 10.9. The second-order valence-electron chi connectivity index (χ2n) is 5.27. The predicted octanol–water partition coefficient (Wildman–Crippen LogP) is 3.30. The minimum absolute atomic E-state index is 0.912. The van der Waals surface area contributed by atoms with Crippen molar-refractivity contribution in [2.75, 3.05) is 6.54 Å². The standard InChI is InChI=1S/C17H25N3/c1-4-9-20-10-8-19-17(20)12-16-11-14(3)6-7-15(16)13-18-5-2/h6-8,10-11,18H,4-5,9,12-13H2,1-3H3. The molecule has 0 spiro atoms. The predicted molar refractivity (Wildman–Crippen MR) is 83.9 cm³/mol. The lowest BCUT2D eigenvalue weighted by atomic mass is 10.0. The van der Waals surface area contributed by atoms with Crippen molar-refractivity contribution >= 4 is 0 Å². The first-order chi connectivity index (χ1) is 9.74. The van der Waals surface area contributed by atoms with Gasteiger partial charge < -0.3 is 9.88 Å². The first kappa shape index (κ1) is 14.8. The number of hydrogen-bond donors (Lipinski definition) is 1. The smallest absolute Gasteiger partial charge is 0.113 e. The molecule has 0 aliphatic rings. The Balaban J connectivity index is 2.22. The second kappa shape index (κ2) is 7.25. The summed E-state index contributed by atoms with van der Waals surface area (Å²) in [5, 5.41) is 3.42. The Hall–Kier alpha value is -1.61. The Morgan fingerprint density at radius 1 is 1.20 bits per heavy atom. The number of imidazole rings is 1. The topological polar surface area (TPSA) is 29.9 Å². The van der Waals surface area contributed by atoms with E-state index in [1.807, 2.05) is 6.20 Å². The molecule has 3 nitrogen and oxygen atoms in total. The number of aryl methyl sites for hydroxylation is 2. The van der Waals surface area contributed by atoms with Crippen LogP contribution >= 0.6 is 0 Å². The zero-order chi connectivity index (χ0) is 14.4. The van der Waals surface area contributed by atoms with Crippen molar-refractivity contribution in [1.29, 1.82) is 0 Å². The fourth-order valence-corrected chi connectivity index (χ4v) is 2.47. The van der Waals surface area contributed by atoms with E-state index in [4.69, 9.17) is 0 Å². The molecule has 0 saturated heterocycles. The average Bonchev–Trinajstić information content (AvgIpc) is 2.86. The zero-order valence-corrected chi connectivity index (χ0v) is 12.8. The van der Waals surface area contributed by atoms with Crippen LogP contribution in [0.15, 0.2) is 30.6 Å². The van der Waals surface area contributed by atoms with Gasteiger partial charge in [0.15, 0.2) is 0 Å². The monoisotopic (exact) mass is 271 g/mol. The Morgan fingerprint density at radius 2 is 2.05 bits per heavy atom. The third-order valence-corrected chi connectivity index (χ3v) is 3.54. The number of nitrogens with zero attached hydrogens (tertiary/aromatic N) is 2. The van der Waals surface area contributed by atoms with Gasteiger partial charge in [0.25, 0.3) is 0 Å². The number of nitrogens with one attached hydrogen (secondary N) is 1. The summed E-state index contributed by atoms with van der Waals surface area (Å²) in [5.74, 6) is 1.16. The lowest BCUT2D eigenvalue weighted by Gasteiger charge is -2.12. The maximum absolute atomic E-state index is 4.52. The average molecular weight is 271 g/mol. The molecule has 2 rings (SSSR count). The van der Waals surface area contributed by atoms with E-state index in [0.29, 0.717) is 0 Å². The largest absolute Gasteiger partial charge is 0.335 e. The van der Waals surface area contributed by atoms with Crippen molar-refractivity contribution in [2.45, 2.75) is 46.7 Å². The van der Waals surface area contributed by atoms with Crippen molar-refractivity contribution in [2.24, 2.45) is 0 Å². The summed E-state index contributed by atoms with van der Waals surface area (Å²) < 4.78 is 2.26. The van der Waals surface area contributed by atoms with Crippen LogP contribution in [-0.2, 0) is 19.5 Å². The molecule has 3 heteroatoms. The fraction of sp³-hybridized carbons (Fsp3) is 0.471. The lowest BCUT2D eigenvalue weighted by molar-refractivity contribution is 0.644. The Kier molecular flexibility index (Phi) is 5.36. The summed E-state index contributed by atoms with van der Waals surface area (Å²) in [6.07, 6.45) is 6.04. The van der Waals surface area contributed by atoms with Gasteiger partial charge in [-0.3, -0.25) is 0 Å². The van der Waals surface area contributed by atoms with Gasteiger partial charge in [-0.25, -0.2) is 4.98 Å².